The number of rotatable bonds is 4. The molecule has 3 heterocycles. The lowest BCUT2D eigenvalue weighted by Crippen LogP contribution is -2.43. The van der Waals surface area contributed by atoms with Crippen LogP contribution in [0, 0.1) is 5.92 Å². The second-order valence-electron chi connectivity index (χ2n) is 5.72. The average molecular weight is 294 g/mol. The Morgan fingerprint density at radius 1 is 1.40 bits per heavy atom. The first kappa shape index (κ1) is 14.0. The highest BCUT2D eigenvalue weighted by Crippen LogP contribution is 2.22. The van der Waals surface area contributed by atoms with Crippen molar-refractivity contribution in [3.8, 4) is 0 Å². The van der Waals surface area contributed by atoms with Crippen LogP contribution >= 0.6 is 11.3 Å². The van der Waals surface area contributed by atoms with Gasteiger partial charge in [0.05, 0.1) is 6.61 Å². The number of nitrogens with one attached hydrogen (secondary N) is 1. The zero-order valence-electron chi connectivity index (χ0n) is 11.7. The Hall–Kier alpha value is -0.910. The van der Waals surface area contributed by atoms with Crippen molar-refractivity contribution in [1.29, 1.82) is 0 Å². The molecule has 1 aromatic rings. The molecule has 0 saturated carbocycles. The Kier molecular flexibility index (Phi) is 4.70. The summed E-state index contributed by atoms with van der Waals surface area (Å²) >= 11 is 1.56. The van der Waals surface area contributed by atoms with Crippen LogP contribution in [0.2, 0.25) is 0 Å². The van der Waals surface area contributed by atoms with Crippen molar-refractivity contribution in [2.75, 3.05) is 32.8 Å². The van der Waals surface area contributed by atoms with Crippen LogP contribution in [-0.4, -0.2) is 49.7 Å². The lowest BCUT2D eigenvalue weighted by Gasteiger charge is -2.35. The molecular weight excluding hydrogens is 272 g/mol. The van der Waals surface area contributed by atoms with Gasteiger partial charge < -0.3 is 10.1 Å². The standard InChI is InChI=1S/C15H22N2O2S/c18-15(13-4-8-20-11-13)16-9-12-1-5-17(6-2-12)14-3-7-19-10-14/h4,8,11-12,14H,1-3,5-7,9-10H2,(H,16,18)/t14-/m1/s1. The number of amides is 1. The first-order valence-corrected chi connectivity index (χ1v) is 8.39. The number of hydrogen-bond acceptors (Lipinski definition) is 4. The second-order valence-corrected chi connectivity index (χ2v) is 6.50. The molecule has 0 aliphatic carbocycles. The van der Waals surface area contributed by atoms with E-state index in [0.717, 1.165) is 38.4 Å². The van der Waals surface area contributed by atoms with E-state index in [0.29, 0.717) is 12.0 Å². The molecule has 2 aliphatic rings. The van der Waals surface area contributed by atoms with Crippen molar-refractivity contribution in [3.63, 3.8) is 0 Å². The Bertz CT molecular complexity index is 421. The fraction of sp³-hybridized carbons (Fsp3) is 0.667. The van der Waals surface area contributed by atoms with E-state index in [1.54, 1.807) is 11.3 Å². The maximum absolute atomic E-state index is 11.9. The van der Waals surface area contributed by atoms with Gasteiger partial charge >= 0.3 is 0 Å². The van der Waals surface area contributed by atoms with Crippen molar-refractivity contribution in [3.05, 3.63) is 22.4 Å². The summed E-state index contributed by atoms with van der Waals surface area (Å²) in [7, 11) is 0. The normalized spacial score (nSPS) is 24.9. The van der Waals surface area contributed by atoms with Gasteiger partial charge in [0.25, 0.3) is 5.91 Å². The predicted octanol–water partition coefficient (Wildman–Crippen LogP) is 1.98. The third-order valence-electron chi connectivity index (χ3n) is 4.41. The lowest BCUT2D eigenvalue weighted by atomic mass is 9.95. The number of nitrogens with zero attached hydrogens (tertiary/aromatic N) is 1. The maximum Gasteiger partial charge on any atom is 0.252 e. The first-order chi connectivity index (χ1) is 9.83. The van der Waals surface area contributed by atoms with Gasteiger partial charge in [0.2, 0.25) is 0 Å². The monoisotopic (exact) mass is 294 g/mol. The highest BCUT2D eigenvalue weighted by atomic mass is 32.1. The van der Waals surface area contributed by atoms with Gasteiger partial charge in [-0.15, -0.1) is 0 Å². The molecule has 4 nitrogen and oxygen atoms in total. The molecule has 5 heteroatoms. The van der Waals surface area contributed by atoms with Crippen LogP contribution in [0.5, 0.6) is 0 Å². The molecule has 20 heavy (non-hydrogen) atoms. The number of ether oxygens (including phenoxy) is 1. The van der Waals surface area contributed by atoms with Crippen molar-refractivity contribution in [2.24, 2.45) is 5.92 Å². The van der Waals surface area contributed by atoms with E-state index in [-0.39, 0.29) is 5.91 Å². The van der Waals surface area contributed by atoms with E-state index in [9.17, 15) is 4.79 Å². The van der Waals surface area contributed by atoms with E-state index < -0.39 is 0 Å². The number of piperidine rings is 1. The Morgan fingerprint density at radius 3 is 2.90 bits per heavy atom. The lowest BCUT2D eigenvalue weighted by molar-refractivity contribution is 0.0911. The summed E-state index contributed by atoms with van der Waals surface area (Å²) in [4.78, 5) is 14.5. The van der Waals surface area contributed by atoms with Gasteiger partial charge in [-0.2, -0.15) is 11.3 Å². The van der Waals surface area contributed by atoms with Gasteiger partial charge in [0.15, 0.2) is 0 Å². The topological polar surface area (TPSA) is 41.6 Å². The third-order valence-corrected chi connectivity index (χ3v) is 5.09. The molecule has 0 aromatic carbocycles. The highest BCUT2D eigenvalue weighted by molar-refractivity contribution is 7.08. The molecule has 1 aromatic heterocycles. The van der Waals surface area contributed by atoms with E-state index in [1.807, 2.05) is 16.8 Å². The minimum Gasteiger partial charge on any atom is -0.380 e. The number of hydrogen-bond donors (Lipinski definition) is 1. The Labute approximate surface area is 124 Å². The van der Waals surface area contributed by atoms with Crippen molar-refractivity contribution < 1.29 is 9.53 Å². The molecule has 0 radical (unpaired) electrons. The minimum absolute atomic E-state index is 0.0675. The van der Waals surface area contributed by atoms with Crippen LogP contribution in [0.25, 0.3) is 0 Å². The zero-order chi connectivity index (χ0) is 13.8. The fourth-order valence-corrected chi connectivity index (χ4v) is 3.70. The second kappa shape index (κ2) is 6.70. The van der Waals surface area contributed by atoms with Crippen LogP contribution in [-0.2, 0) is 4.74 Å². The van der Waals surface area contributed by atoms with Crippen molar-refractivity contribution >= 4 is 17.2 Å². The van der Waals surface area contributed by atoms with Crippen molar-refractivity contribution in [2.45, 2.75) is 25.3 Å². The van der Waals surface area contributed by atoms with Crippen LogP contribution in [0.15, 0.2) is 16.8 Å². The molecule has 1 amide bonds. The van der Waals surface area contributed by atoms with Crippen molar-refractivity contribution in [1.82, 2.24) is 10.2 Å². The molecule has 0 unspecified atom stereocenters. The van der Waals surface area contributed by atoms with Crippen LogP contribution in [0.3, 0.4) is 0 Å². The predicted molar refractivity (Wildman–Crippen MR) is 80.2 cm³/mol. The average Bonchev–Trinajstić information content (AvgIpc) is 3.18. The number of carbonyl (C=O) groups excluding carboxylic acids is 1. The molecule has 0 spiro atoms. The zero-order valence-corrected chi connectivity index (χ0v) is 12.5. The molecule has 2 saturated heterocycles. The fourth-order valence-electron chi connectivity index (χ4n) is 3.07. The molecule has 0 bridgehead atoms. The molecule has 2 aliphatic heterocycles. The van der Waals surface area contributed by atoms with Crippen LogP contribution < -0.4 is 5.32 Å². The number of likely N-dealkylation sites (tertiary alicyclic amines) is 1. The van der Waals surface area contributed by atoms with Gasteiger partial charge in [-0.1, -0.05) is 0 Å². The SMILES string of the molecule is O=C(NCC1CCN([C@@H]2CCOC2)CC1)c1ccsc1. The maximum atomic E-state index is 11.9. The molecule has 2 fully saturated rings. The number of thiophene rings is 1. The summed E-state index contributed by atoms with van der Waals surface area (Å²) in [6, 6.07) is 2.51. The quantitative estimate of drug-likeness (QED) is 0.923. The van der Waals surface area contributed by atoms with Gasteiger partial charge in [-0.3, -0.25) is 9.69 Å². The highest BCUT2D eigenvalue weighted by Gasteiger charge is 2.27. The van der Waals surface area contributed by atoms with E-state index in [4.69, 9.17) is 4.74 Å². The number of carbonyl (C=O) groups is 1. The van der Waals surface area contributed by atoms with E-state index >= 15 is 0 Å². The van der Waals surface area contributed by atoms with Gasteiger partial charge in [0, 0.05) is 30.1 Å². The largest absolute Gasteiger partial charge is 0.380 e. The molecule has 1 N–H and O–H groups in total. The molecule has 3 rings (SSSR count). The minimum atomic E-state index is 0.0675. The Balaban J connectivity index is 1.39. The van der Waals surface area contributed by atoms with Crippen LogP contribution in [0.4, 0.5) is 0 Å². The molecular formula is C15H22N2O2S. The summed E-state index contributed by atoms with van der Waals surface area (Å²) in [6.45, 7) is 4.92. The Morgan fingerprint density at radius 2 is 2.25 bits per heavy atom. The molecule has 1 atom stereocenters. The smallest absolute Gasteiger partial charge is 0.252 e. The van der Waals surface area contributed by atoms with Gasteiger partial charge in [0.1, 0.15) is 0 Å². The van der Waals surface area contributed by atoms with Crippen LogP contribution in [0.1, 0.15) is 29.6 Å². The summed E-state index contributed by atoms with van der Waals surface area (Å²) in [6.07, 6.45) is 3.54. The summed E-state index contributed by atoms with van der Waals surface area (Å²) in [5.41, 5.74) is 0.788. The van der Waals surface area contributed by atoms with E-state index in [2.05, 4.69) is 10.2 Å². The third kappa shape index (κ3) is 3.40. The summed E-state index contributed by atoms with van der Waals surface area (Å²) in [5.74, 6) is 0.689. The summed E-state index contributed by atoms with van der Waals surface area (Å²) < 4.78 is 5.46. The van der Waals surface area contributed by atoms with Gasteiger partial charge in [-0.05, 0) is 49.7 Å². The van der Waals surface area contributed by atoms with E-state index in [1.165, 1.54) is 19.3 Å². The first-order valence-electron chi connectivity index (χ1n) is 7.45. The van der Waals surface area contributed by atoms with Gasteiger partial charge in [-0.25, -0.2) is 0 Å². The summed E-state index contributed by atoms with van der Waals surface area (Å²) in [5, 5.41) is 6.91. The molecule has 110 valence electrons.